The Morgan fingerprint density at radius 3 is 2.05 bits per heavy atom. The van der Waals surface area contributed by atoms with Gasteiger partial charge in [-0.1, -0.05) is 34.9 Å². The van der Waals surface area contributed by atoms with E-state index in [0.717, 1.165) is 54.4 Å². The van der Waals surface area contributed by atoms with E-state index >= 15 is 0 Å². The van der Waals surface area contributed by atoms with E-state index in [0.29, 0.717) is 12.2 Å². The minimum Gasteiger partial charge on any atom is -0.481 e. The number of hydrogen-bond acceptors (Lipinski definition) is 6. The van der Waals surface area contributed by atoms with Crippen LogP contribution in [-0.4, -0.2) is 57.6 Å². The fourth-order valence-electron chi connectivity index (χ4n) is 4.41. The lowest BCUT2D eigenvalue weighted by molar-refractivity contribution is -0.242. The van der Waals surface area contributed by atoms with Gasteiger partial charge in [-0.2, -0.15) is 0 Å². The SMILES string of the molecule is C/C(=C\CC/C(C)=C/Cc1cc(O[C@@H]2OC[C@@H](O)[C@H](O)[C@H]2O)c(C)c(C)c1C)CC/C=C(\C)CCC(=O)O. The Morgan fingerprint density at radius 2 is 1.45 bits per heavy atom. The molecular formula is C31H46O7. The molecule has 7 nitrogen and oxygen atoms in total. The highest BCUT2D eigenvalue weighted by molar-refractivity contribution is 5.67. The third-order valence-corrected chi connectivity index (χ3v) is 7.45. The number of carbonyl (C=O) groups is 1. The van der Waals surface area contributed by atoms with Crippen LogP contribution in [0.15, 0.2) is 41.0 Å². The smallest absolute Gasteiger partial charge is 0.303 e. The van der Waals surface area contributed by atoms with Gasteiger partial charge in [-0.05, 0) is 108 Å². The summed E-state index contributed by atoms with van der Waals surface area (Å²) in [6, 6.07) is 1.98. The molecule has 1 heterocycles. The summed E-state index contributed by atoms with van der Waals surface area (Å²) in [5, 5.41) is 38.7. The molecule has 4 atom stereocenters. The molecule has 4 N–H and O–H groups in total. The molecule has 38 heavy (non-hydrogen) atoms. The molecule has 1 saturated heterocycles. The van der Waals surface area contributed by atoms with Gasteiger partial charge in [0.1, 0.15) is 24.1 Å². The summed E-state index contributed by atoms with van der Waals surface area (Å²) in [5.41, 5.74) is 8.18. The van der Waals surface area contributed by atoms with Crippen molar-refractivity contribution in [2.75, 3.05) is 6.61 Å². The van der Waals surface area contributed by atoms with Crippen LogP contribution in [0.5, 0.6) is 5.75 Å². The molecule has 1 aromatic carbocycles. The summed E-state index contributed by atoms with van der Waals surface area (Å²) in [6.07, 6.45) is 7.25. The Labute approximate surface area is 227 Å². The third kappa shape index (κ3) is 9.70. The Balaban J connectivity index is 1.94. The summed E-state index contributed by atoms with van der Waals surface area (Å²) in [4.78, 5) is 10.7. The molecule has 7 heteroatoms. The van der Waals surface area contributed by atoms with Crippen LogP contribution in [0.4, 0.5) is 0 Å². The van der Waals surface area contributed by atoms with E-state index in [1.165, 1.54) is 16.7 Å². The number of ether oxygens (including phenoxy) is 2. The number of benzene rings is 1. The summed E-state index contributed by atoms with van der Waals surface area (Å²) < 4.78 is 11.4. The first-order valence-corrected chi connectivity index (χ1v) is 13.5. The molecule has 0 aromatic heterocycles. The Morgan fingerprint density at radius 1 is 0.868 bits per heavy atom. The van der Waals surface area contributed by atoms with Crippen molar-refractivity contribution in [3.8, 4) is 5.75 Å². The predicted octanol–water partition coefficient (Wildman–Crippen LogP) is 5.24. The van der Waals surface area contributed by atoms with Gasteiger partial charge in [0, 0.05) is 6.42 Å². The molecule has 212 valence electrons. The van der Waals surface area contributed by atoms with Crippen LogP contribution in [0.3, 0.4) is 0 Å². The highest BCUT2D eigenvalue weighted by atomic mass is 16.7. The summed E-state index contributed by atoms with van der Waals surface area (Å²) in [7, 11) is 0. The van der Waals surface area contributed by atoms with Gasteiger partial charge in [0.2, 0.25) is 6.29 Å². The molecule has 1 fully saturated rings. The molecule has 0 radical (unpaired) electrons. The average Bonchev–Trinajstić information content (AvgIpc) is 2.87. The van der Waals surface area contributed by atoms with Gasteiger partial charge in [0.25, 0.3) is 0 Å². The molecule has 1 aliphatic heterocycles. The molecule has 0 spiro atoms. The highest BCUT2D eigenvalue weighted by Gasteiger charge is 2.39. The van der Waals surface area contributed by atoms with E-state index in [1.54, 1.807) is 0 Å². The second-order valence-corrected chi connectivity index (χ2v) is 10.6. The van der Waals surface area contributed by atoms with Crippen molar-refractivity contribution in [1.29, 1.82) is 0 Å². The van der Waals surface area contributed by atoms with E-state index in [1.807, 2.05) is 26.8 Å². The summed E-state index contributed by atoms with van der Waals surface area (Å²) in [5.74, 6) is -0.151. The summed E-state index contributed by atoms with van der Waals surface area (Å²) in [6.45, 7) is 12.3. The standard InChI is InChI=1S/C31H46O7/c1-19(10-8-12-21(3)14-16-28(33)34)9-7-11-20(2)13-15-25-17-27(24(6)22(4)23(25)5)38-31-30(36)29(35)26(32)18-37-31/h9,12-13,17,26,29-32,35-36H,7-8,10-11,14-16,18H2,1-6H3,(H,33,34)/b19-9+,20-13+,21-12+/t26-,29+,30-,31+/m1/s1. The van der Waals surface area contributed by atoms with Gasteiger partial charge in [-0.3, -0.25) is 4.79 Å². The monoisotopic (exact) mass is 530 g/mol. The fourth-order valence-corrected chi connectivity index (χ4v) is 4.41. The molecule has 0 unspecified atom stereocenters. The fraction of sp³-hybridized carbons (Fsp3) is 0.581. The number of carboxylic acids is 1. The molecule has 0 amide bonds. The quantitative estimate of drug-likeness (QED) is 0.258. The number of aliphatic hydroxyl groups excluding tert-OH is 3. The minimum atomic E-state index is -1.33. The zero-order valence-corrected chi connectivity index (χ0v) is 23.8. The Kier molecular flexibility index (Phi) is 12.7. The zero-order chi connectivity index (χ0) is 28.4. The van der Waals surface area contributed by atoms with Gasteiger partial charge in [0.15, 0.2) is 0 Å². The largest absolute Gasteiger partial charge is 0.481 e. The lowest BCUT2D eigenvalue weighted by Gasteiger charge is -2.35. The number of allylic oxidation sites excluding steroid dienone is 6. The molecule has 0 aliphatic carbocycles. The first-order valence-electron chi connectivity index (χ1n) is 13.5. The second kappa shape index (κ2) is 15.2. The van der Waals surface area contributed by atoms with Crippen molar-refractivity contribution in [1.82, 2.24) is 0 Å². The third-order valence-electron chi connectivity index (χ3n) is 7.45. The van der Waals surface area contributed by atoms with E-state index in [4.69, 9.17) is 14.6 Å². The van der Waals surface area contributed by atoms with Gasteiger partial charge in [-0.15, -0.1) is 0 Å². The van der Waals surface area contributed by atoms with E-state index in [9.17, 15) is 20.1 Å². The van der Waals surface area contributed by atoms with Gasteiger partial charge in [0.05, 0.1) is 6.61 Å². The van der Waals surface area contributed by atoms with Crippen LogP contribution in [0.2, 0.25) is 0 Å². The maximum atomic E-state index is 10.7. The maximum Gasteiger partial charge on any atom is 0.303 e. The minimum absolute atomic E-state index is 0.0986. The van der Waals surface area contributed by atoms with Crippen molar-refractivity contribution >= 4 is 5.97 Å². The predicted molar refractivity (Wildman–Crippen MR) is 149 cm³/mol. The molecule has 1 aromatic rings. The van der Waals surface area contributed by atoms with E-state index in [-0.39, 0.29) is 13.0 Å². The van der Waals surface area contributed by atoms with E-state index in [2.05, 4.69) is 39.0 Å². The van der Waals surface area contributed by atoms with Crippen LogP contribution in [0.25, 0.3) is 0 Å². The van der Waals surface area contributed by atoms with Crippen molar-refractivity contribution in [2.24, 2.45) is 0 Å². The van der Waals surface area contributed by atoms with Crippen molar-refractivity contribution in [3.05, 3.63) is 63.3 Å². The zero-order valence-electron chi connectivity index (χ0n) is 23.8. The lowest BCUT2D eigenvalue weighted by atomic mass is 9.95. The van der Waals surface area contributed by atoms with Crippen LogP contribution < -0.4 is 4.74 Å². The Bertz CT molecular complexity index is 1040. The number of hydrogen-bond donors (Lipinski definition) is 4. The average molecular weight is 531 g/mol. The first kappa shape index (κ1) is 31.8. The Hall–Kier alpha value is -2.45. The van der Waals surface area contributed by atoms with Crippen LogP contribution in [-0.2, 0) is 16.0 Å². The van der Waals surface area contributed by atoms with E-state index < -0.39 is 30.6 Å². The van der Waals surface area contributed by atoms with Crippen molar-refractivity contribution in [2.45, 2.75) is 111 Å². The van der Waals surface area contributed by atoms with Crippen LogP contribution in [0, 0.1) is 20.8 Å². The molecule has 2 rings (SSSR count). The second-order valence-electron chi connectivity index (χ2n) is 10.6. The molecule has 0 bridgehead atoms. The molecular weight excluding hydrogens is 484 g/mol. The van der Waals surface area contributed by atoms with Crippen molar-refractivity contribution in [3.63, 3.8) is 0 Å². The first-order chi connectivity index (χ1) is 17.9. The topological polar surface area (TPSA) is 116 Å². The normalized spacial score (nSPS) is 23.0. The number of aliphatic carboxylic acids is 1. The van der Waals surface area contributed by atoms with Crippen LogP contribution >= 0.6 is 0 Å². The maximum absolute atomic E-state index is 10.7. The van der Waals surface area contributed by atoms with Crippen LogP contribution in [0.1, 0.15) is 81.5 Å². The number of rotatable bonds is 13. The van der Waals surface area contributed by atoms with Gasteiger partial charge in [-0.25, -0.2) is 0 Å². The number of carboxylic acid groups (broad SMARTS) is 1. The lowest BCUT2D eigenvalue weighted by Crippen LogP contribution is -2.54. The van der Waals surface area contributed by atoms with Gasteiger partial charge < -0.3 is 29.9 Å². The van der Waals surface area contributed by atoms with Crippen molar-refractivity contribution < 1.29 is 34.7 Å². The highest BCUT2D eigenvalue weighted by Crippen LogP contribution is 2.31. The molecule has 0 saturated carbocycles. The summed E-state index contributed by atoms with van der Waals surface area (Å²) >= 11 is 0. The molecule has 1 aliphatic rings. The number of aliphatic hydroxyl groups is 3. The van der Waals surface area contributed by atoms with Gasteiger partial charge >= 0.3 is 5.97 Å².